The van der Waals surface area contributed by atoms with E-state index in [4.69, 9.17) is 16.8 Å². The zero-order valence-corrected chi connectivity index (χ0v) is 9.74. The van der Waals surface area contributed by atoms with Crippen molar-refractivity contribution in [1.82, 2.24) is 0 Å². The molecular weight excluding hydrogens is 222 g/mol. The van der Waals surface area contributed by atoms with Gasteiger partial charge in [0.05, 0.1) is 5.71 Å². The normalized spacial score (nSPS) is 21.6. The number of benzene rings is 1. The standard InChI is InChI=1S/C13H14ClNO/c14-12-7-3-1-5-10(12)9-11-6-2-4-8-13(11)15-16/h1,3,5,7,9,16H,2,4,6,8H2/b11-9-,15-13-. The van der Waals surface area contributed by atoms with Crippen LogP contribution in [0.4, 0.5) is 0 Å². The van der Waals surface area contributed by atoms with Crippen LogP contribution in [-0.4, -0.2) is 10.9 Å². The highest BCUT2D eigenvalue weighted by Gasteiger charge is 2.13. The Bertz CT molecular complexity index is 437. The van der Waals surface area contributed by atoms with Gasteiger partial charge in [0.25, 0.3) is 0 Å². The lowest BCUT2D eigenvalue weighted by Gasteiger charge is -2.15. The number of hydrogen-bond acceptors (Lipinski definition) is 2. The largest absolute Gasteiger partial charge is 0.411 e. The summed E-state index contributed by atoms with van der Waals surface area (Å²) in [6, 6.07) is 7.70. The Morgan fingerprint density at radius 2 is 1.94 bits per heavy atom. The molecule has 1 fully saturated rings. The molecule has 16 heavy (non-hydrogen) atoms. The molecule has 2 nitrogen and oxygen atoms in total. The van der Waals surface area contributed by atoms with Gasteiger partial charge in [0, 0.05) is 5.02 Å². The lowest BCUT2D eigenvalue weighted by Crippen LogP contribution is -2.08. The van der Waals surface area contributed by atoms with Crippen LogP contribution in [0.3, 0.4) is 0 Å². The molecule has 2 rings (SSSR count). The molecule has 1 aliphatic carbocycles. The molecule has 0 saturated heterocycles. The van der Waals surface area contributed by atoms with Gasteiger partial charge in [-0.25, -0.2) is 0 Å². The van der Waals surface area contributed by atoms with Crippen LogP contribution in [0.25, 0.3) is 6.08 Å². The van der Waals surface area contributed by atoms with Crippen LogP contribution >= 0.6 is 11.6 Å². The summed E-state index contributed by atoms with van der Waals surface area (Å²) in [4.78, 5) is 0. The third kappa shape index (κ3) is 2.45. The molecule has 1 aliphatic rings. The van der Waals surface area contributed by atoms with Crippen LogP contribution in [-0.2, 0) is 0 Å². The van der Waals surface area contributed by atoms with Crippen molar-refractivity contribution in [2.24, 2.45) is 5.16 Å². The fourth-order valence-corrected chi connectivity index (χ4v) is 2.15. The minimum atomic E-state index is 0.734. The Labute approximate surface area is 100 Å². The molecule has 0 unspecified atom stereocenters. The Kier molecular flexibility index (Phi) is 3.62. The smallest absolute Gasteiger partial charge is 0.0827 e. The number of hydrogen-bond donors (Lipinski definition) is 1. The Balaban J connectivity index is 2.32. The summed E-state index contributed by atoms with van der Waals surface area (Å²) in [6.45, 7) is 0. The highest BCUT2D eigenvalue weighted by Crippen LogP contribution is 2.25. The SMILES string of the molecule is O/N=C1/CCCC/C1=C/c1ccccc1Cl. The highest BCUT2D eigenvalue weighted by molar-refractivity contribution is 6.32. The van der Waals surface area contributed by atoms with E-state index in [1.165, 1.54) is 0 Å². The molecule has 3 heteroatoms. The molecule has 84 valence electrons. The van der Waals surface area contributed by atoms with Gasteiger partial charge in [0.2, 0.25) is 0 Å². The third-order valence-corrected chi connectivity index (χ3v) is 3.18. The maximum absolute atomic E-state index is 8.92. The van der Waals surface area contributed by atoms with Crippen LogP contribution in [0.2, 0.25) is 5.02 Å². The molecule has 1 aromatic carbocycles. The molecule has 0 heterocycles. The first-order valence-electron chi connectivity index (χ1n) is 5.47. The summed E-state index contributed by atoms with van der Waals surface area (Å²) in [5.74, 6) is 0. The summed E-state index contributed by atoms with van der Waals surface area (Å²) < 4.78 is 0. The van der Waals surface area contributed by atoms with Crippen LogP contribution in [0.15, 0.2) is 35.0 Å². The number of nitrogens with zero attached hydrogens (tertiary/aromatic N) is 1. The lowest BCUT2D eigenvalue weighted by atomic mass is 9.91. The summed E-state index contributed by atoms with van der Waals surface area (Å²) in [7, 11) is 0. The number of halogens is 1. The molecule has 0 bridgehead atoms. The van der Waals surface area contributed by atoms with E-state index < -0.39 is 0 Å². The average molecular weight is 236 g/mol. The van der Waals surface area contributed by atoms with Crippen LogP contribution in [0.1, 0.15) is 31.2 Å². The molecule has 0 amide bonds. The van der Waals surface area contributed by atoms with E-state index in [2.05, 4.69) is 5.16 Å². The Morgan fingerprint density at radius 1 is 1.19 bits per heavy atom. The van der Waals surface area contributed by atoms with Gasteiger partial charge in [-0.1, -0.05) is 35.0 Å². The number of allylic oxidation sites excluding steroid dienone is 1. The van der Waals surface area contributed by atoms with E-state index in [1.54, 1.807) is 0 Å². The third-order valence-electron chi connectivity index (χ3n) is 2.84. The predicted octanol–water partition coefficient (Wildman–Crippen LogP) is 4.13. The van der Waals surface area contributed by atoms with Crippen molar-refractivity contribution in [1.29, 1.82) is 0 Å². The van der Waals surface area contributed by atoms with E-state index in [0.29, 0.717) is 0 Å². The van der Waals surface area contributed by atoms with Gasteiger partial charge in [-0.05, 0) is 49.0 Å². The molecule has 0 aliphatic heterocycles. The van der Waals surface area contributed by atoms with Gasteiger partial charge in [0.15, 0.2) is 0 Å². The summed E-state index contributed by atoms with van der Waals surface area (Å²) >= 11 is 6.09. The molecule has 1 saturated carbocycles. The summed E-state index contributed by atoms with van der Waals surface area (Å²) in [6.07, 6.45) is 6.09. The average Bonchev–Trinajstić information content (AvgIpc) is 2.33. The number of rotatable bonds is 1. The lowest BCUT2D eigenvalue weighted by molar-refractivity contribution is 0.316. The fourth-order valence-electron chi connectivity index (χ4n) is 1.96. The van der Waals surface area contributed by atoms with Crippen molar-refractivity contribution in [3.63, 3.8) is 0 Å². The predicted molar refractivity (Wildman–Crippen MR) is 67.1 cm³/mol. The number of oxime groups is 1. The first kappa shape index (κ1) is 11.2. The van der Waals surface area contributed by atoms with Crippen molar-refractivity contribution >= 4 is 23.4 Å². The van der Waals surface area contributed by atoms with E-state index in [1.807, 2.05) is 30.3 Å². The minimum absolute atomic E-state index is 0.734. The van der Waals surface area contributed by atoms with Gasteiger partial charge in [-0.3, -0.25) is 0 Å². The van der Waals surface area contributed by atoms with E-state index in [-0.39, 0.29) is 0 Å². The van der Waals surface area contributed by atoms with Gasteiger partial charge in [-0.2, -0.15) is 0 Å². The van der Waals surface area contributed by atoms with E-state index in [9.17, 15) is 0 Å². The van der Waals surface area contributed by atoms with Gasteiger partial charge in [-0.15, -0.1) is 0 Å². The first-order valence-corrected chi connectivity index (χ1v) is 5.85. The Hall–Kier alpha value is -1.28. The zero-order valence-electron chi connectivity index (χ0n) is 8.99. The van der Waals surface area contributed by atoms with Gasteiger partial charge < -0.3 is 5.21 Å². The second kappa shape index (κ2) is 5.17. The van der Waals surface area contributed by atoms with Crippen molar-refractivity contribution in [3.8, 4) is 0 Å². The van der Waals surface area contributed by atoms with Gasteiger partial charge in [0.1, 0.15) is 0 Å². The van der Waals surface area contributed by atoms with Crippen LogP contribution < -0.4 is 0 Å². The van der Waals surface area contributed by atoms with E-state index in [0.717, 1.165) is 47.6 Å². The second-order valence-electron chi connectivity index (χ2n) is 3.94. The fraction of sp³-hybridized carbons (Fsp3) is 0.308. The molecule has 1 aromatic rings. The molecular formula is C13H14ClNO. The molecule has 0 spiro atoms. The summed E-state index contributed by atoms with van der Waals surface area (Å²) in [5.41, 5.74) is 2.88. The maximum atomic E-state index is 8.92. The summed E-state index contributed by atoms with van der Waals surface area (Å²) in [5, 5.41) is 13.0. The molecule has 0 atom stereocenters. The first-order chi connectivity index (χ1) is 7.81. The highest BCUT2D eigenvalue weighted by atomic mass is 35.5. The minimum Gasteiger partial charge on any atom is -0.411 e. The van der Waals surface area contributed by atoms with Gasteiger partial charge >= 0.3 is 0 Å². The van der Waals surface area contributed by atoms with E-state index >= 15 is 0 Å². The molecule has 0 radical (unpaired) electrons. The van der Waals surface area contributed by atoms with Crippen molar-refractivity contribution in [2.75, 3.05) is 0 Å². The topological polar surface area (TPSA) is 32.6 Å². The van der Waals surface area contributed by atoms with Crippen LogP contribution in [0, 0.1) is 0 Å². The zero-order chi connectivity index (χ0) is 11.4. The van der Waals surface area contributed by atoms with Crippen molar-refractivity contribution in [3.05, 3.63) is 40.4 Å². The second-order valence-corrected chi connectivity index (χ2v) is 4.35. The maximum Gasteiger partial charge on any atom is 0.0827 e. The molecule has 0 aromatic heterocycles. The molecule has 1 N–H and O–H groups in total. The monoisotopic (exact) mass is 235 g/mol. The van der Waals surface area contributed by atoms with Crippen molar-refractivity contribution in [2.45, 2.75) is 25.7 Å². The Morgan fingerprint density at radius 3 is 2.69 bits per heavy atom. The van der Waals surface area contributed by atoms with Crippen LogP contribution in [0.5, 0.6) is 0 Å². The quantitative estimate of drug-likeness (QED) is 0.576. The van der Waals surface area contributed by atoms with Crippen molar-refractivity contribution < 1.29 is 5.21 Å².